The van der Waals surface area contributed by atoms with E-state index in [1.165, 1.54) is 5.69 Å². The molecule has 0 bridgehead atoms. The molecule has 2 nitrogen and oxygen atoms in total. The Bertz CT molecular complexity index is 348. The number of aliphatic imine (C=N–C) groups is 1. The van der Waals surface area contributed by atoms with Gasteiger partial charge in [0.2, 0.25) is 0 Å². The van der Waals surface area contributed by atoms with Crippen LogP contribution < -0.4 is 4.90 Å². The number of rotatable bonds is 2. The fourth-order valence-electron chi connectivity index (χ4n) is 1.36. The highest BCUT2D eigenvalue weighted by Crippen LogP contribution is 2.31. The van der Waals surface area contributed by atoms with E-state index < -0.39 is 0 Å². The van der Waals surface area contributed by atoms with Crippen LogP contribution in [0.4, 0.5) is 11.4 Å². The lowest BCUT2D eigenvalue weighted by Gasteiger charge is -2.34. The van der Waals surface area contributed by atoms with Crippen LogP contribution in [0.2, 0.25) is 0 Å². The number of benzene rings is 1. The molecule has 0 radical (unpaired) electrons. The van der Waals surface area contributed by atoms with E-state index in [1.54, 1.807) is 0 Å². The second kappa shape index (κ2) is 4.47. The first-order chi connectivity index (χ1) is 6.96. The summed E-state index contributed by atoms with van der Waals surface area (Å²) in [5, 5.41) is 0. The molecule has 82 valence electrons. The average Bonchev–Trinajstić information content (AvgIpc) is 2.17. The fraction of sp³-hybridized carbons (Fsp3) is 0.462. The molecular formula is C13H20N2. The van der Waals surface area contributed by atoms with E-state index in [0.717, 1.165) is 5.69 Å². The van der Waals surface area contributed by atoms with Gasteiger partial charge in [0.25, 0.3) is 0 Å². The Hall–Kier alpha value is -1.31. The van der Waals surface area contributed by atoms with Crippen molar-refractivity contribution in [2.75, 3.05) is 11.9 Å². The summed E-state index contributed by atoms with van der Waals surface area (Å²) in [6, 6.07) is 8.21. The lowest BCUT2D eigenvalue weighted by atomic mass is 10.1. The number of hydrogen-bond acceptors (Lipinski definition) is 2. The summed E-state index contributed by atoms with van der Waals surface area (Å²) in [7, 11) is 2.10. The number of hydrogen-bond donors (Lipinski definition) is 0. The molecule has 0 atom stereocenters. The van der Waals surface area contributed by atoms with E-state index in [1.807, 2.05) is 31.3 Å². The quantitative estimate of drug-likeness (QED) is 0.671. The molecule has 1 aromatic rings. The van der Waals surface area contributed by atoms with Crippen molar-refractivity contribution in [3.8, 4) is 0 Å². The topological polar surface area (TPSA) is 15.6 Å². The van der Waals surface area contributed by atoms with Crippen LogP contribution in [0.25, 0.3) is 0 Å². The minimum atomic E-state index is 0.110. The van der Waals surface area contributed by atoms with Crippen molar-refractivity contribution in [2.45, 2.75) is 33.2 Å². The molecule has 15 heavy (non-hydrogen) atoms. The van der Waals surface area contributed by atoms with Gasteiger partial charge in [-0.2, -0.15) is 0 Å². The van der Waals surface area contributed by atoms with E-state index in [4.69, 9.17) is 0 Å². The average molecular weight is 204 g/mol. The van der Waals surface area contributed by atoms with Gasteiger partial charge in [-0.25, -0.2) is 0 Å². The molecular weight excluding hydrogens is 184 g/mol. The lowest BCUT2D eigenvalue weighted by molar-refractivity contribution is 0.539. The molecule has 0 unspecified atom stereocenters. The van der Waals surface area contributed by atoms with E-state index >= 15 is 0 Å². The van der Waals surface area contributed by atoms with Crippen LogP contribution in [0.3, 0.4) is 0 Å². The fourth-order valence-corrected chi connectivity index (χ4v) is 1.36. The molecule has 0 aliphatic carbocycles. The summed E-state index contributed by atoms with van der Waals surface area (Å²) >= 11 is 0. The summed E-state index contributed by atoms with van der Waals surface area (Å²) in [4.78, 5) is 6.62. The molecule has 0 saturated carbocycles. The second-order valence-electron chi connectivity index (χ2n) is 4.61. The zero-order valence-electron chi connectivity index (χ0n) is 10.3. The summed E-state index contributed by atoms with van der Waals surface area (Å²) in [5.41, 5.74) is 2.31. The Kier molecular flexibility index (Phi) is 3.51. The van der Waals surface area contributed by atoms with Crippen molar-refractivity contribution in [2.24, 2.45) is 4.99 Å². The third-order valence-corrected chi connectivity index (χ3v) is 2.52. The maximum absolute atomic E-state index is 4.37. The van der Waals surface area contributed by atoms with Crippen molar-refractivity contribution in [1.29, 1.82) is 0 Å². The largest absolute Gasteiger partial charge is 0.368 e. The first kappa shape index (κ1) is 11.8. The number of anilines is 1. The zero-order chi connectivity index (χ0) is 11.5. The van der Waals surface area contributed by atoms with Gasteiger partial charge >= 0.3 is 0 Å². The highest BCUT2D eigenvalue weighted by Gasteiger charge is 2.19. The molecule has 0 N–H and O–H groups in total. The highest BCUT2D eigenvalue weighted by atomic mass is 15.2. The number of para-hydroxylation sites is 2. The highest BCUT2D eigenvalue weighted by molar-refractivity contribution is 5.72. The SMILES string of the molecule is CC=Nc1ccccc1N(C)C(C)(C)C. The maximum atomic E-state index is 4.37. The molecule has 1 aromatic carbocycles. The van der Waals surface area contributed by atoms with E-state index in [0.29, 0.717) is 0 Å². The summed E-state index contributed by atoms with van der Waals surface area (Å²) in [5.74, 6) is 0. The molecule has 0 aliphatic heterocycles. The molecule has 0 spiro atoms. The molecule has 0 amide bonds. The van der Waals surface area contributed by atoms with Gasteiger partial charge in [-0.1, -0.05) is 12.1 Å². The maximum Gasteiger partial charge on any atom is 0.0859 e. The van der Waals surface area contributed by atoms with Crippen molar-refractivity contribution >= 4 is 17.6 Å². The molecule has 0 saturated heterocycles. The van der Waals surface area contributed by atoms with Gasteiger partial charge in [0.1, 0.15) is 0 Å². The van der Waals surface area contributed by atoms with Crippen LogP contribution in [-0.4, -0.2) is 18.8 Å². The Morgan fingerprint density at radius 3 is 2.33 bits per heavy atom. The van der Waals surface area contributed by atoms with E-state index in [2.05, 4.69) is 43.8 Å². The van der Waals surface area contributed by atoms with E-state index in [-0.39, 0.29) is 5.54 Å². The zero-order valence-corrected chi connectivity index (χ0v) is 10.3. The first-order valence-corrected chi connectivity index (χ1v) is 5.28. The van der Waals surface area contributed by atoms with Gasteiger partial charge in [0.05, 0.1) is 11.4 Å². The van der Waals surface area contributed by atoms with Crippen LogP contribution in [-0.2, 0) is 0 Å². The standard InChI is InChI=1S/C13H20N2/c1-6-14-11-9-7-8-10-12(11)15(5)13(2,3)4/h6-10H,1-5H3. The van der Waals surface area contributed by atoms with Crippen LogP contribution in [0.1, 0.15) is 27.7 Å². The van der Waals surface area contributed by atoms with Crippen LogP contribution >= 0.6 is 0 Å². The lowest BCUT2D eigenvalue weighted by Crippen LogP contribution is -2.38. The van der Waals surface area contributed by atoms with Crippen molar-refractivity contribution in [1.82, 2.24) is 0 Å². The van der Waals surface area contributed by atoms with Gasteiger partial charge in [-0.15, -0.1) is 0 Å². The third kappa shape index (κ3) is 2.82. The Morgan fingerprint density at radius 2 is 1.80 bits per heavy atom. The minimum absolute atomic E-state index is 0.110. The minimum Gasteiger partial charge on any atom is -0.368 e. The van der Waals surface area contributed by atoms with Crippen molar-refractivity contribution in [3.05, 3.63) is 24.3 Å². The van der Waals surface area contributed by atoms with E-state index in [9.17, 15) is 0 Å². The summed E-state index contributed by atoms with van der Waals surface area (Å²) in [6.45, 7) is 8.52. The van der Waals surface area contributed by atoms with Gasteiger partial charge in [0, 0.05) is 18.8 Å². The molecule has 0 heterocycles. The Morgan fingerprint density at radius 1 is 1.20 bits per heavy atom. The smallest absolute Gasteiger partial charge is 0.0859 e. The molecule has 0 aromatic heterocycles. The van der Waals surface area contributed by atoms with Gasteiger partial charge in [-0.3, -0.25) is 4.99 Å². The van der Waals surface area contributed by atoms with Crippen LogP contribution in [0.5, 0.6) is 0 Å². The normalized spacial score (nSPS) is 12.1. The van der Waals surface area contributed by atoms with Crippen molar-refractivity contribution in [3.63, 3.8) is 0 Å². The Balaban J connectivity index is 3.13. The monoisotopic (exact) mass is 204 g/mol. The summed E-state index contributed by atoms with van der Waals surface area (Å²) in [6.07, 6.45) is 1.83. The molecule has 0 fully saturated rings. The molecule has 1 rings (SSSR count). The second-order valence-corrected chi connectivity index (χ2v) is 4.61. The van der Waals surface area contributed by atoms with Gasteiger partial charge in [0.15, 0.2) is 0 Å². The van der Waals surface area contributed by atoms with Crippen LogP contribution in [0.15, 0.2) is 29.3 Å². The molecule has 2 heteroatoms. The summed E-state index contributed by atoms with van der Waals surface area (Å²) < 4.78 is 0. The predicted molar refractivity (Wildman–Crippen MR) is 68.4 cm³/mol. The van der Waals surface area contributed by atoms with Gasteiger partial charge < -0.3 is 4.90 Å². The van der Waals surface area contributed by atoms with Gasteiger partial charge in [-0.05, 0) is 39.8 Å². The predicted octanol–water partition coefficient (Wildman–Crippen LogP) is 3.64. The van der Waals surface area contributed by atoms with Crippen molar-refractivity contribution < 1.29 is 0 Å². The Labute approximate surface area is 92.6 Å². The van der Waals surface area contributed by atoms with Crippen LogP contribution in [0, 0.1) is 0 Å². The third-order valence-electron chi connectivity index (χ3n) is 2.52. The molecule has 0 aliphatic rings. The first-order valence-electron chi connectivity index (χ1n) is 5.28. The number of nitrogens with zero attached hydrogens (tertiary/aromatic N) is 2.